The van der Waals surface area contributed by atoms with E-state index in [2.05, 4.69) is 5.32 Å². The second-order valence-corrected chi connectivity index (χ2v) is 8.49. The van der Waals surface area contributed by atoms with E-state index in [0.717, 1.165) is 21.1 Å². The van der Waals surface area contributed by atoms with E-state index in [4.69, 9.17) is 0 Å². The van der Waals surface area contributed by atoms with Crippen LogP contribution >= 0.6 is 0 Å². The Morgan fingerprint density at radius 3 is 2.19 bits per heavy atom. The molecule has 1 unspecified atom stereocenters. The number of urea groups is 1. The first kappa shape index (κ1) is 18.2. The van der Waals surface area contributed by atoms with Crippen LogP contribution in [0.25, 0.3) is 0 Å². The standard InChI is InChI=1S/C20H22N2O3S/c1-14(2)18-13-19(16-7-5-4-6-8-16)22(20(23)21-18)26(24,25)17-11-9-15(3)10-12-17/h4-14,19H,1-3H3,(H,21,23). The van der Waals surface area contributed by atoms with Gasteiger partial charge in [0.15, 0.2) is 0 Å². The van der Waals surface area contributed by atoms with Crippen molar-refractivity contribution in [3.05, 3.63) is 77.5 Å². The van der Waals surface area contributed by atoms with Gasteiger partial charge in [-0.25, -0.2) is 17.5 Å². The third-order valence-corrected chi connectivity index (χ3v) is 6.16. The molecule has 3 rings (SSSR count). The van der Waals surface area contributed by atoms with Crippen LogP contribution in [0.15, 0.2) is 71.3 Å². The van der Waals surface area contributed by atoms with E-state index < -0.39 is 22.1 Å². The smallest absolute Gasteiger partial charge is 0.311 e. The van der Waals surface area contributed by atoms with E-state index in [0.29, 0.717) is 0 Å². The molecule has 0 fully saturated rings. The molecule has 0 radical (unpaired) electrons. The maximum Gasteiger partial charge on any atom is 0.336 e. The van der Waals surface area contributed by atoms with Gasteiger partial charge in [0.05, 0.1) is 10.9 Å². The largest absolute Gasteiger partial charge is 0.336 e. The molecule has 136 valence electrons. The van der Waals surface area contributed by atoms with Crippen LogP contribution in [0.1, 0.15) is 31.0 Å². The molecule has 2 aromatic carbocycles. The van der Waals surface area contributed by atoms with E-state index in [9.17, 15) is 13.2 Å². The number of carbonyl (C=O) groups excluding carboxylic acids is 1. The summed E-state index contributed by atoms with van der Waals surface area (Å²) < 4.78 is 27.3. The van der Waals surface area contributed by atoms with Crippen LogP contribution in [0.3, 0.4) is 0 Å². The molecule has 1 atom stereocenters. The van der Waals surface area contributed by atoms with Gasteiger partial charge in [-0.15, -0.1) is 0 Å². The molecular formula is C20H22N2O3S. The van der Waals surface area contributed by atoms with E-state index in [-0.39, 0.29) is 10.8 Å². The summed E-state index contributed by atoms with van der Waals surface area (Å²) >= 11 is 0. The summed E-state index contributed by atoms with van der Waals surface area (Å²) in [6.07, 6.45) is 1.81. The number of hydrogen-bond acceptors (Lipinski definition) is 3. The molecule has 2 amide bonds. The minimum absolute atomic E-state index is 0.0781. The number of nitrogens with one attached hydrogen (secondary N) is 1. The number of rotatable bonds is 4. The van der Waals surface area contributed by atoms with Crippen LogP contribution in [-0.2, 0) is 10.0 Å². The number of benzene rings is 2. The van der Waals surface area contributed by atoms with Crippen molar-refractivity contribution in [1.82, 2.24) is 9.62 Å². The normalized spacial score (nSPS) is 17.8. The topological polar surface area (TPSA) is 66.5 Å². The lowest BCUT2D eigenvalue weighted by molar-refractivity contribution is 0.215. The third kappa shape index (κ3) is 3.37. The lowest BCUT2D eigenvalue weighted by Gasteiger charge is -2.35. The average Bonchev–Trinajstić information content (AvgIpc) is 2.61. The summed E-state index contributed by atoms with van der Waals surface area (Å²) in [6.45, 7) is 5.80. The molecule has 1 heterocycles. The van der Waals surface area contributed by atoms with Crippen molar-refractivity contribution in [2.45, 2.75) is 31.7 Å². The van der Waals surface area contributed by atoms with E-state index in [1.165, 1.54) is 12.1 Å². The molecule has 2 aromatic rings. The molecule has 0 aliphatic carbocycles. The Morgan fingerprint density at radius 2 is 1.62 bits per heavy atom. The quantitative estimate of drug-likeness (QED) is 0.885. The number of carbonyl (C=O) groups is 1. The highest BCUT2D eigenvalue weighted by molar-refractivity contribution is 7.89. The van der Waals surface area contributed by atoms with Crippen molar-refractivity contribution >= 4 is 16.1 Å². The van der Waals surface area contributed by atoms with Crippen LogP contribution in [0.5, 0.6) is 0 Å². The van der Waals surface area contributed by atoms with E-state index >= 15 is 0 Å². The van der Waals surface area contributed by atoms with Crippen LogP contribution in [0, 0.1) is 12.8 Å². The summed E-state index contributed by atoms with van der Waals surface area (Å²) in [5.74, 6) is 0.0781. The molecular weight excluding hydrogens is 348 g/mol. The zero-order valence-electron chi connectivity index (χ0n) is 15.0. The fraction of sp³-hybridized carbons (Fsp3) is 0.250. The number of aryl methyl sites for hydroxylation is 1. The minimum atomic E-state index is -4.00. The molecule has 1 aliphatic rings. The Balaban J connectivity index is 2.13. The van der Waals surface area contributed by atoms with Gasteiger partial charge in [0, 0.05) is 5.70 Å². The number of allylic oxidation sites excluding steroid dienone is 1. The van der Waals surface area contributed by atoms with Crippen LogP contribution in [-0.4, -0.2) is 18.8 Å². The molecule has 6 heteroatoms. The van der Waals surface area contributed by atoms with Gasteiger partial charge < -0.3 is 5.32 Å². The predicted molar refractivity (Wildman–Crippen MR) is 101 cm³/mol. The molecule has 26 heavy (non-hydrogen) atoms. The molecule has 1 aliphatic heterocycles. The van der Waals surface area contributed by atoms with Crippen molar-refractivity contribution in [3.63, 3.8) is 0 Å². The molecule has 0 aromatic heterocycles. The van der Waals surface area contributed by atoms with Gasteiger partial charge in [-0.3, -0.25) is 0 Å². The monoisotopic (exact) mass is 370 g/mol. The van der Waals surface area contributed by atoms with Crippen LogP contribution < -0.4 is 5.32 Å². The zero-order chi connectivity index (χ0) is 18.9. The summed E-state index contributed by atoms with van der Waals surface area (Å²) in [5.41, 5.74) is 2.42. The molecule has 0 bridgehead atoms. The van der Waals surface area contributed by atoms with E-state index in [1.54, 1.807) is 12.1 Å². The first-order chi connectivity index (χ1) is 12.3. The maximum atomic E-state index is 13.2. The van der Waals surface area contributed by atoms with Gasteiger partial charge >= 0.3 is 6.03 Å². The molecule has 1 N–H and O–H groups in total. The second-order valence-electron chi connectivity index (χ2n) is 6.68. The van der Waals surface area contributed by atoms with Gasteiger partial charge in [-0.2, -0.15) is 0 Å². The maximum absolute atomic E-state index is 13.2. The number of sulfonamides is 1. The van der Waals surface area contributed by atoms with Gasteiger partial charge in [-0.1, -0.05) is 61.9 Å². The predicted octanol–water partition coefficient (Wildman–Crippen LogP) is 3.99. The molecule has 0 saturated carbocycles. The minimum Gasteiger partial charge on any atom is -0.311 e. The lowest BCUT2D eigenvalue weighted by atomic mass is 10.0. The number of amides is 2. The Morgan fingerprint density at radius 1 is 1.00 bits per heavy atom. The summed E-state index contributed by atoms with van der Waals surface area (Å²) in [4.78, 5) is 12.9. The van der Waals surface area contributed by atoms with Crippen molar-refractivity contribution in [3.8, 4) is 0 Å². The SMILES string of the molecule is Cc1ccc(S(=O)(=O)N2C(=O)NC(C(C)C)=CC2c2ccccc2)cc1. The Bertz CT molecular complexity index is 933. The van der Waals surface area contributed by atoms with Gasteiger partial charge in [0.1, 0.15) is 0 Å². The summed E-state index contributed by atoms with van der Waals surface area (Å²) in [6, 6.07) is 14.4. The fourth-order valence-electron chi connectivity index (χ4n) is 2.89. The van der Waals surface area contributed by atoms with Crippen LogP contribution in [0.2, 0.25) is 0 Å². The molecule has 5 nitrogen and oxygen atoms in total. The highest BCUT2D eigenvalue weighted by Crippen LogP contribution is 2.33. The average molecular weight is 370 g/mol. The highest BCUT2D eigenvalue weighted by atomic mass is 32.2. The fourth-order valence-corrected chi connectivity index (χ4v) is 4.34. The van der Waals surface area contributed by atoms with Crippen molar-refractivity contribution in [1.29, 1.82) is 0 Å². The summed E-state index contributed by atoms with van der Waals surface area (Å²) in [5, 5.41) is 2.72. The molecule has 0 spiro atoms. The second kappa shape index (κ2) is 6.96. The number of hydrogen-bond donors (Lipinski definition) is 1. The van der Waals surface area contributed by atoms with E-state index in [1.807, 2.05) is 57.2 Å². The highest BCUT2D eigenvalue weighted by Gasteiger charge is 2.39. The van der Waals surface area contributed by atoms with Crippen molar-refractivity contribution < 1.29 is 13.2 Å². The zero-order valence-corrected chi connectivity index (χ0v) is 15.8. The van der Waals surface area contributed by atoms with Gasteiger partial charge in [0.2, 0.25) is 0 Å². The Hall–Kier alpha value is -2.60. The summed E-state index contributed by atoms with van der Waals surface area (Å²) in [7, 11) is -4.00. The first-order valence-corrected chi connectivity index (χ1v) is 9.93. The van der Waals surface area contributed by atoms with Crippen molar-refractivity contribution in [2.24, 2.45) is 5.92 Å². The van der Waals surface area contributed by atoms with Gasteiger partial charge in [0.25, 0.3) is 10.0 Å². The first-order valence-electron chi connectivity index (χ1n) is 8.49. The van der Waals surface area contributed by atoms with Gasteiger partial charge in [-0.05, 0) is 36.6 Å². The third-order valence-electron chi connectivity index (χ3n) is 4.38. The van der Waals surface area contributed by atoms with Crippen molar-refractivity contribution in [2.75, 3.05) is 0 Å². The lowest BCUT2D eigenvalue weighted by Crippen LogP contribution is -2.49. The molecule has 0 saturated heterocycles. The number of nitrogens with zero attached hydrogens (tertiary/aromatic N) is 1. The van der Waals surface area contributed by atoms with Crippen LogP contribution in [0.4, 0.5) is 4.79 Å². The Labute approximate surface area is 154 Å². The Kier molecular flexibility index (Phi) is 4.87.